The van der Waals surface area contributed by atoms with Crippen LogP contribution in [0.15, 0.2) is 0 Å². The summed E-state index contributed by atoms with van der Waals surface area (Å²) in [4.78, 5) is 10.1. The van der Waals surface area contributed by atoms with Crippen molar-refractivity contribution in [1.29, 1.82) is 0 Å². The molecule has 5 nitrogen and oxygen atoms in total. The van der Waals surface area contributed by atoms with E-state index in [4.69, 9.17) is 5.11 Å². The van der Waals surface area contributed by atoms with Crippen molar-refractivity contribution in [2.75, 3.05) is 0 Å². The molecule has 0 atom stereocenters. The Morgan fingerprint density at radius 3 is 3.00 bits per heavy atom. The quantitative estimate of drug-likeness (QED) is 0.726. The van der Waals surface area contributed by atoms with Crippen molar-refractivity contribution < 1.29 is 19.0 Å². The SMILES string of the molecule is O=C(O)Oc1n[nH]c(CC2CC2)c1F. The monoisotopic (exact) mass is 200 g/mol. The van der Waals surface area contributed by atoms with E-state index in [1.807, 2.05) is 0 Å². The number of H-pyrrole nitrogens is 1. The summed E-state index contributed by atoms with van der Waals surface area (Å²) in [6, 6.07) is 0. The second-order valence-electron chi connectivity index (χ2n) is 3.34. The highest BCUT2D eigenvalue weighted by Crippen LogP contribution is 2.33. The molecule has 1 saturated carbocycles. The molecule has 14 heavy (non-hydrogen) atoms. The molecule has 0 unspecified atom stereocenters. The fourth-order valence-electron chi connectivity index (χ4n) is 1.24. The van der Waals surface area contributed by atoms with Crippen molar-refractivity contribution >= 4 is 6.16 Å². The Morgan fingerprint density at radius 1 is 1.71 bits per heavy atom. The summed E-state index contributed by atoms with van der Waals surface area (Å²) >= 11 is 0. The molecule has 2 N–H and O–H groups in total. The summed E-state index contributed by atoms with van der Waals surface area (Å²) in [7, 11) is 0. The van der Waals surface area contributed by atoms with Crippen LogP contribution in [0.5, 0.6) is 5.88 Å². The van der Waals surface area contributed by atoms with Gasteiger partial charge >= 0.3 is 6.16 Å². The standard InChI is InChI=1S/C8H9FN2O3/c9-6-5(3-4-1-2-4)10-11-7(6)14-8(12)13/h4H,1-3H2,(H,10,11)(H,12,13). The normalized spacial score (nSPS) is 15.5. The van der Waals surface area contributed by atoms with Gasteiger partial charge in [0.15, 0.2) is 0 Å². The summed E-state index contributed by atoms with van der Waals surface area (Å²) in [5, 5.41) is 14.1. The van der Waals surface area contributed by atoms with Gasteiger partial charge in [-0.3, -0.25) is 5.10 Å². The molecular weight excluding hydrogens is 191 g/mol. The lowest BCUT2D eigenvalue weighted by Crippen LogP contribution is -2.04. The van der Waals surface area contributed by atoms with Crippen LogP contribution >= 0.6 is 0 Å². The van der Waals surface area contributed by atoms with E-state index < -0.39 is 17.9 Å². The summed E-state index contributed by atoms with van der Waals surface area (Å²) in [6.07, 6.45) is 1.19. The number of ether oxygens (including phenoxy) is 1. The first-order valence-corrected chi connectivity index (χ1v) is 4.30. The summed E-state index contributed by atoms with van der Waals surface area (Å²) in [5.41, 5.74) is 0.323. The second kappa shape index (κ2) is 3.28. The maximum atomic E-state index is 13.3. The predicted molar refractivity (Wildman–Crippen MR) is 43.6 cm³/mol. The predicted octanol–water partition coefficient (Wildman–Crippen LogP) is 1.56. The lowest BCUT2D eigenvalue weighted by atomic mass is 10.2. The minimum Gasteiger partial charge on any atom is -0.449 e. The summed E-state index contributed by atoms with van der Waals surface area (Å²) in [5.74, 6) is -0.685. The Kier molecular flexibility index (Phi) is 2.11. The molecule has 1 fully saturated rings. The fraction of sp³-hybridized carbons (Fsp3) is 0.500. The third kappa shape index (κ3) is 1.84. The Hall–Kier alpha value is -1.59. The number of nitrogens with zero attached hydrogens (tertiary/aromatic N) is 1. The van der Waals surface area contributed by atoms with Crippen molar-refractivity contribution in [1.82, 2.24) is 10.2 Å². The molecule has 0 amide bonds. The molecule has 0 saturated heterocycles. The molecule has 1 aromatic heterocycles. The van der Waals surface area contributed by atoms with Crippen molar-refractivity contribution in [2.24, 2.45) is 5.92 Å². The number of carbonyl (C=O) groups is 1. The van der Waals surface area contributed by atoms with E-state index in [-0.39, 0.29) is 0 Å². The van der Waals surface area contributed by atoms with E-state index in [9.17, 15) is 9.18 Å². The lowest BCUT2D eigenvalue weighted by Gasteiger charge is -1.94. The number of nitrogens with one attached hydrogen (secondary N) is 1. The summed E-state index contributed by atoms with van der Waals surface area (Å²) < 4.78 is 17.4. The number of rotatable bonds is 3. The zero-order chi connectivity index (χ0) is 10.1. The molecule has 2 rings (SSSR count). The Morgan fingerprint density at radius 2 is 2.43 bits per heavy atom. The van der Waals surface area contributed by atoms with Gasteiger partial charge in [0.2, 0.25) is 5.82 Å². The van der Waals surface area contributed by atoms with Crippen molar-refractivity contribution in [3.05, 3.63) is 11.5 Å². The molecule has 0 bridgehead atoms. The molecule has 0 spiro atoms. The van der Waals surface area contributed by atoms with E-state index in [0.29, 0.717) is 18.0 Å². The van der Waals surface area contributed by atoms with E-state index >= 15 is 0 Å². The lowest BCUT2D eigenvalue weighted by molar-refractivity contribution is 0.140. The van der Waals surface area contributed by atoms with Crippen LogP contribution < -0.4 is 4.74 Å². The summed E-state index contributed by atoms with van der Waals surface area (Å²) in [6.45, 7) is 0. The van der Waals surface area contributed by atoms with Crippen molar-refractivity contribution in [2.45, 2.75) is 19.3 Å². The molecule has 1 aliphatic carbocycles. The highest BCUT2D eigenvalue weighted by molar-refractivity contribution is 5.60. The van der Waals surface area contributed by atoms with Crippen LogP contribution in [0.2, 0.25) is 0 Å². The molecule has 1 aromatic rings. The van der Waals surface area contributed by atoms with Gasteiger partial charge in [0.05, 0.1) is 5.69 Å². The first kappa shape index (κ1) is 8.98. The van der Waals surface area contributed by atoms with Gasteiger partial charge in [0.1, 0.15) is 0 Å². The van der Waals surface area contributed by atoms with Gasteiger partial charge in [-0.25, -0.2) is 4.79 Å². The zero-order valence-electron chi connectivity index (χ0n) is 7.29. The Balaban J connectivity index is 2.09. The first-order valence-electron chi connectivity index (χ1n) is 4.30. The van der Waals surface area contributed by atoms with Gasteiger partial charge in [0.25, 0.3) is 5.88 Å². The van der Waals surface area contributed by atoms with E-state index in [1.165, 1.54) is 0 Å². The number of carboxylic acid groups (broad SMARTS) is 1. The smallest absolute Gasteiger partial charge is 0.449 e. The van der Waals surface area contributed by atoms with E-state index in [1.54, 1.807) is 0 Å². The van der Waals surface area contributed by atoms with Gasteiger partial charge in [0, 0.05) is 0 Å². The maximum Gasteiger partial charge on any atom is 0.512 e. The third-order valence-corrected chi connectivity index (χ3v) is 2.12. The van der Waals surface area contributed by atoms with Crippen LogP contribution in [0.4, 0.5) is 9.18 Å². The molecular formula is C8H9FN2O3. The van der Waals surface area contributed by atoms with Crippen LogP contribution in [-0.2, 0) is 6.42 Å². The molecule has 76 valence electrons. The highest BCUT2D eigenvalue weighted by atomic mass is 19.1. The molecule has 0 radical (unpaired) electrons. The largest absolute Gasteiger partial charge is 0.512 e. The number of hydrogen-bond donors (Lipinski definition) is 2. The zero-order valence-corrected chi connectivity index (χ0v) is 7.29. The van der Waals surface area contributed by atoms with Gasteiger partial charge in [-0.05, 0) is 25.2 Å². The van der Waals surface area contributed by atoms with Gasteiger partial charge in [-0.15, -0.1) is 5.10 Å². The number of halogens is 1. The van der Waals surface area contributed by atoms with Crippen LogP contribution in [0.1, 0.15) is 18.5 Å². The molecule has 1 aliphatic rings. The highest BCUT2D eigenvalue weighted by Gasteiger charge is 2.26. The second-order valence-corrected chi connectivity index (χ2v) is 3.34. The minimum absolute atomic E-state index is 0.323. The average molecular weight is 200 g/mol. The first-order chi connectivity index (χ1) is 6.66. The average Bonchev–Trinajstić information content (AvgIpc) is 2.86. The Bertz CT molecular complexity index is 359. The minimum atomic E-state index is -1.56. The fourth-order valence-corrected chi connectivity index (χ4v) is 1.24. The third-order valence-electron chi connectivity index (χ3n) is 2.12. The van der Waals surface area contributed by atoms with Crippen LogP contribution in [0, 0.1) is 11.7 Å². The van der Waals surface area contributed by atoms with E-state index in [2.05, 4.69) is 14.9 Å². The number of hydrogen-bond acceptors (Lipinski definition) is 3. The van der Waals surface area contributed by atoms with Crippen molar-refractivity contribution in [3.8, 4) is 5.88 Å². The van der Waals surface area contributed by atoms with Gasteiger partial charge < -0.3 is 9.84 Å². The molecule has 0 aromatic carbocycles. The van der Waals surface area contributed by atoms with E-state index in [0.717, 1.165) is 12.8 Å². The number of aromatic amines is 1. The topological polar surface area (TPSA) is 75.2 Å². The maximum absolute atomic E-state index is 13.3. The van der Waals surface area contributed by atoms with Crippen LogP contribution in [0.25, 0.3) is 0 Å². The van der Waals surface area contributed by atoms with Gasteiger partial charge in [-0.2, -0.15) is 4.39 Å². The number of aromatic nitrogens is 2. The van der Waals surface area contributed by atoms with Gasteiger partial charge in [-0.1, -0.05) is 0 Å². The van der Waals surface area contributed by atoms with Crippen molar-refractivity contribution in [3.63, 3.8) is 0 Å². The van der Waals surface area contributed by atoms with Crippen LogP contribution in [0.3, 0.4) is 0 Å². The Labute approximate surface area is 78.9 Å². The molecule has 6 heteroatoms. The molecule has 0 aliphatic heterocycles. The molecule has 1 heterocycles. The van der Waals surface area contributed by atoms with Crippen LogP contribution in [-0.4, -0.2) is 21.5 Å².